The molecule has 0 spiro atoms. The number of aromatic nitrogens is 2. The van der Waals surface area contributed by atoms with Crippen molar-refractivity contribution in [3.05, 3.63) is 30.7 Å². The summed E-state index contributed by atoms with van der Waals surface area (Å²) in [6.45, 7) is 2.85. The second kappa shape index (κ2) is 7.97. The van der Waals surface area contributed by atoms with Crippen LogP contribution in [0.5, 0.6) is 5.75 Å². The Bertz CT molecular complexity index is 687. The number of fused-ring (bicyclic) bond motifs is 1. The van der Waals surface area contributed by atoms with E-state index in [0.717, 1.165) is 29.6 Å². The lowest BCUT2D eigenvalue weighted by Crippen LogP contribution is -2.49. The van der Waals surface area contributed by atoms with Gasteiger partial charge in [0.25, 0.3) is 0 Å². The number of hydrogen-bond acceptors (Lipinski definition) is 5. The molecule has 1 aromatic heterocycles. The Morgan fingerprint density at radius 2 is 1.84 bits per heavy atom. The molecular weight excluding hydrogens is 333 g/mol. The molecule has 0 unspecified atom stereocenters. The lowest BCUT2D eigenvalue weighted by Gasteiger charge is -2.34. The van der Waals surface area contributed by atoms with Crippen molar-refractivity contribution >= 4 is 10.9 Å². The van der Waals surface area contributed by atoms with Crippen molar-refractivity contribution in [1.29, 1.82) is 0 Å². The third-order valence-electron chi connectivity index (χ3n) is 4.23. The van der Waals surface area contributed by atoms with Crippen LogP contribution >= 0.6 is 0 Å². The molecule has 136 valence electrons. The zero-order valence-corrected chi connectivity index (χ0v) is 13.9. The molecule has 2 aromatic rings. The molecule has 1 aliphatic rings. The number of alkyl halides is 3. The van der Waals surface area contributed by atoms with E-state index in [1.165, 1.54) is 11.2 Å². The van der Waals surface area contributed by atoms with Gasteiger partial charge in [-0.2, -0.15) is 13.2 Å². The number of benzene rings is 1. The van der Waals surface area contributed by atoms with Crippen molar-refractivity contribution in [2.75, 3.05) is 45.9 Å². The monoisotopic (exact) mass is 354 g/mol. The molecule has 0 amide bonds. The molecule has 2 heterocycles. The van der Waals surface area contributed by atoms with E-state index in [1.807, 2.05) is 18.2 Å². The Morgan fingerprint density at radius 3 is 2.60 bits per heavy atom. The van der Waals surface area contributed by atoms with Gasteiger partial charge in [0.2, 0.25) is 0 Å². The smallest absolute Gasteiger partial charge is 0.401 e. The minimum atomic E-state index is -4.11. The summed E-state index contributed by atoms with van der Waals surface area (Å²) in [7, 11) is 0. The second-order valence-corrected chi connectivity index (χ2v) is 6.18. The van der Waals surface area contributed by atoms with Crippen LogP contribution in [-0.2, 0) is 0 Å². The molecule has 5 nitrogen and oxygen atoms in total. The SMILES string of the molecule is FC(F)(F)CN1CCN(CCCOc2ccc3cncnc3c2)CC1. The highest BCUT2D eigenvalue weighted by Crippen LogP contribution is 2.19. The molecule has 1 fully saturated rings. The van der Waals surface area contributed by atoms with Gasteiger partial charge >= 0.3 is 6.18 Å². The third kappa shape index (κ3) is 5.54. The van der Waals surface area contributed by atoms with Crippen LogP contribution in [0.4, 0.5) is 13.2 Å². The first-order valence-corrected chi connectivity index (χ1v) is 8.34. The van der Waals surface area contributed by atoms with Crippen LogP contribution in [0.3, 0.4) is 0 Å². The molecule has 1 aromatic carbocycles. The van der Waals surface area contributed by atoms with Crippen molar-refractivity contribution < 1.29 is 17.9 Å². The third-order valence-corrected chi connectivity index (χ3v) is 4.23. The maximum atomic E-state index is 12.4. The van der Waals surface area contributed by atoms with Gasteiger partial charge in [-0.1, -0.05) is 0 Å². The van der Waals surface area contributed by atoms with Crippen LogP contribution in [-0.4, -0.2) is 71.8 Å². The molecule has 0 saturated carbocycles. The van der Waals surface area contributed by atoms with Crippen LogP contribution in [0.2, 0.25) is 0 Å². The minimum absolute atomic E-state index is 0.463. The highest BCUT2D eigenvalue weighted by Gasteiger charge is 2.31. The van der Waals surface area contributed by atoms with E-state index in [1.54, 1.807) is 6.20 Å². The van der Waals surface area contributed by atoms with Gasteiger partial charge in [-0.05, 0) is 18.6 Å². The summed E-state index contributed by atoms with van der Waals surface area (Å²) in [5.74, 6) is 0.765. The number of piperazine rings is 1. The zero-order valence-electron chi connectivity index (χ0n) is 13.9. The second-order valence-electron chi connectivity index (χ2n) is 6.18. The van der Waals surface area contributed by atoms with Crippen molar-refractivity contribution in [3.63, 3.8) is 0 Å². The predicted molar refractivity (Wildman–Crippen MR) is 88.6 cm³/mol. The van der Waals surface area contributed by atoms with Crippen LogP contribution in [0.25, 0.3) is 10.9 Å². The highest BCUT2D eigenvalue weighted by molar-refractivity contribution is 5.78. The van der Waals surface area contributed by atoms with Gasteiger partial charge in [0, 0.05) is 50.4 Å². The van der Waals surface area contributed by atoms with Gasteiger partial charge in [-0.3, -0.25) is 4.90 Å². The quantitative estimate of drug-likeness (QED) is 0.746. The Kier molecular flexibility index (Phi) is 5.70. The fourth-order valence-electron chi connectivity index (χ4n) is 2.95. The van der Waals surface area contributed by atoms with E-state index in [2.05, 4.69) is 14.9 Å². The largest absolute Gasteiger partial charge is 0.493 e. The summed E-state index contributed by atoms with van der Waals surface area (Å²) in [5.41, 5.74) is 0.841. The lowest BCUT2D eigenvalue weighted by molar-refractivity contribution is -0.149. The van der Waals surface area contributed by atoms with E-state index in [9.17, 15) is 13.2 Å². The number of hydrogen-bond donors (Lipinski definition) is 0. The number of rotatable bonds is 6. The standard InChI is InChI=1S/C17H21F3N4O/c18-17(19,20)12-24-7-5-23(6-8-24)4-1-9-25-15-3-2-14-11-21-13-22-16(14)10-15/h2-3,10-11,13H,1,4-9,12H2. The number of halogens is 3. The Morgan fingerprint density at radius 1 is 1.08 bits per heavy atom. The van der Waals surface area contributed by atoms with Gasteiger partial charge in [-0.15, -0.1) is 0 Å². The first-order valence-electron chi connectivity index (χ1n) is 8.34. The Labute approximate surface area is 144 Å². The topological polar surface area (TPSA) is 41.5 Å². The molecule has 0 radical (unpaired) electrons. The molecule has 0 atom stereocenters. The molecule has 0 aliphatic carbocycles. The summed E-state index contributed by atoms with van der Waals surface area (Å²) >= 11 is 0. The summed E-state index contributed by atoms with van der Waals surface area (Å²) in [6.07, 6.45) is -0.0169. The molecule has 0 N–H and O–H groups in total. The predicted octanol–water partition coefficient (Wildman–Crippen LogP) is 2.58. The maximum absolute atomic E-state index is 12.4. The van der Waals surface area contributed by atoms with Crippen LogP contribution in [0.1, 0.15) is 6.42 Å². The van der Waals surface area contributed by atoms with Crippen LogP contribution in [0, 0.1) is 0 Å². The Hall–Kier alpha value is -1.93. The molecular formula is C17H21F3N4O. The summed E-state index contributed by atoms with van der Waals surface area (Å²) < 4.78 is 42.8. The Balaban J connectivity index is 1.36. The van der Waals surface area contributed by atoms with E-state index < -0.39 is 12.7 Å². The fraction of sp³-hybridized carbons (Fsp3) is 0.529. The summed E-state index contributed by atoms with van der Waals surface area (Å²) in [5, 5.41) is 0.964. The summed E-state index contributed by atoms with van der Waals surface area (Å²) in [6, 6.07) is 5.69. The first-order chi connectivity index (χ1) is 12.0. The molecule has 1 aliphatic heterocycles. The molecule has 3 rings (SSSR count). The van der Waals surface area contributed by atoms with E-state index >= 15 is 0 Å². The highest BCUT2D eigenvalue weighted by atomic mass is 19.4. The molecule has 25 heavy (non-hydrogen) atoms. The average molecular weight is 354 g/mol. The van der Waals surface area contributed by atoms with Crippen LogP contribution < -0.4 is 4.74 Å². The van der Waals surface area contributed by atoms with E-state index in [0.29, 0.717) is 32.8 Å². The van der Waals surface area contributed by atoms with E-state index in [4.69, 9.17) is 4.74 Å². The molecule has 0 bridgehead atoms. The average Bonchev–Trinajstić information content (AvgIpc) is 2.59. The summed E-state index contributed by atoms with van der Waals surface area (Å²) in [4.78, 5) is 11.8. The van der Waals surface area contributed by atoms with Crippen molar-refractivity contribution in [2.45, 2.75) is 12.6 Å². The fourth-order valence-corrected chi connectivity index (χ4v) is 2.95. The van der Waals surface area contributed by atoms with Crippen molar-refractivity contribution in [1.82, 2.24) is 19.8 Å². The molecule has 8 heteroatoms. The maximum Gasteiger partial charge on any atom is 0.401 e. The number of nitrogens with zero attached hydrogens (tertiary/aromatic N) is 4. The van der Waals surface area contributed by atoms with E-state index in [-0.39, 0.29) is 0 Å². The van der Waals surface area contributed by atoms with Gasteiger partial charge in [0.1, 0.15) is 12.1 Å². The van der Waals surface area contributed by atoms with Crippen molar-refractivity contribution in [3.8, 4) is 5.75 Å². The normalized spacial score (nSPS) is 17.1. The van der Waals surface area contributed by atoms with Gasteiger partial charge in [-0.25, -0.2) is 9.97 Å². The minimum Gasteiger partial charge on any atom is -0.493 e. The van der Waals surface area contributed by atoms with Gasteiger partial charge in [0.15, 0.2) is 0 Å². The van der Waals surface area contributed by atoms with Crippen LogP contribution in [0.15, 0.2) is 30.7 Å². The molecule has 1 saturated heterocycles. The van der Waals surface area contributed by atoms with Gasteiger partial charge < -0.3 is 9.64 Å². The first kappa shape index (κ1) is 17.9. The number of ether oxygens (including phenoxy) is 1. The zero-order chi connectivity index (χ0) is 17.7. The van der Waals surface area contributed by atoms with Crippen molar-refractivity contribution in [2.24, 2.45) is 0 Å². The van der Waals surface area contributed by atoms with Gasteiger partial charge in [0.05, 0.1) is 18.7 Å². The lowest BCUT2D eigenvalue weighted by atomic mass is 10.2.